The van der Waals surface area contributed by atoms with Gasteiger partial charge in [-0.3, -0.25) is 4.90 Å². The van der Waals surface area contributed by atoms with Crippen LogP contribution in [-0.2, 0) is 14.3 Å². The molecule has 1 aromatic carbocycles. The van der Waals surface area contributed by atoms with E-state index in [1.54, 1.807) is 12.1 Å². The van der Waals surface area contributed by atoms with Gasteiger partial charge in [0.1, 0.15) is 0 Å². The zero-order chi connectivity index (χ0) is 14.8. The maximum atomic E-state index is 12.1. The van der Waals surface area contributed by atoms with Crippen molar-refractivity contribution in [2.75, 3.05) is 6.54 Å². The molecule has 2 rings (SSSR count). The number of carbonyl (C=O) groups is 1. The van der Waals surface area contributed by atoms with E-state index in [4.69, 9.17) is 9.29 Å². The number of piperidine rings is 1. The van der Waals surface area contributed by atoms with Gasteiger partial charge in [-0.05, 0) is 38.3 Å². The quantitative estimate of drug-likeness (QED) is 0.865. The predicted octanol–water partition coefficient (Wildman–Crippen LogP) is 2.19. The molecule has 1 N–H and O–H groups in total. The van der Waals surface area contributed by atoms with Gasteiger partial charge in [-0.25, -0.2) is 8.98 Å². The van der Waals surface area contributed by atoms with E-state index >= 15 is 0 Å². The Morgan fingerprint density at radius 2 is 1.95 bits per heavy atom. The van der Waals surface area contributed by atoms with Crippen molar-refractivity contribution in [1.82, 2.24) is 4.90 Å². The lowest BCUT2D eigenvalue weighted by Crippen LogP contribution is -2.45. The molecular formula is C13H17NO5S. The minimum absolute atomic E-state index is 0.0408. The molecule has 1 aliphatic rings. The Labute approximate surface area is 118 Å². The smallest absolute Gasteiger partial charge is 0.409 e. The number of hydrogen-bond acceptors (Lipinski definition) is 4. The Morgan fingerprint density at radius 3 is 2.55 bits per heavy atom. The van der Waals surface area contributed by atoms with Crippen molar-refractivity contribution in [3.8, 4) is 0 Å². The zero-order valence-corrected chi connectivity index (χ0v) is 12.0. The number of benzene rings is 1. The van der Waals surface area contributed by atoms with Crippen LogP contribution in [0.3, 0.4) is 0 Å². The lowest BCUT2D eigenvalue weighted by atomic mass is 10.1. The first-order chi connectivity index (χ1) is 9.40. The van der Waals surface area contributed by atoms with Crippen molar-refractivity contribution in [2.45, 2.75) is 37.3 Å². The normalized spacial score (nSPS) is 19.9. The van der Waals surface area contributed by atoms with Gasteiger partial charge >= 0.3 is 6.09 Å². The summed E-state index contributed by atoms with van der Waals surface area (Å²) < 4.78 is 29.4. The van der Waals surface area contributed by atoms with Gasteiger partial charge in [0.2, 0.25) is 0 Å². The Hall–Kier alpha value is -1.60. The van der Waals surface area contributed by atoms with Crippen LogP contribution in [0.4, 0.5) is 4.79 Å². The van der Waals surface area contributed by atoms with Crippen LogP contribution in [0.25, 0.3) is 0 Å². The maximum absolute atomic E-state index is 12.1. The first-order valence-corrected chi connectivity index (χ1v) is 7.80. The van der Waals surface area contributed by atoms with Crippen molar-refractivity contribution in [3.63, 3.8) is 0 Å². The molecule has 20 heavy (non-hydrogen) atoms. The standard InChI is InChI=1S/C13H17NO5S/c1-10-5-7-11(8-6-10)20(17,18)19-12-4-2-3-9-14(12)13(15)16/h5-8,12H,2-4,9H2,1H3,(H,15,16). The second-order valence-corrected chi connectivity index (χ2v) is 6.36. The number of carboxylic acid groups (broad SMARTS) is 1. The summed E-state index contributed by atoms with van der Waals surface area (Å²) in [6.07, 6.45) is -0.243. The summed E-state index contributed by atoms with van der Waals surface area (Å²) in [7, 11) is -3.95. The highest BCUT2D eigenvalue weighted by molar-refractivity contribution is 7.86. The van der Waals surface area contributed by atoms with Crippen LogP contribution < -0.4 is 0 Å². The van der Waals surface area contributed by atoms with Gasteiger partial charge in [0.25, 0.3) is 10.1 Å². The Bertz CT molecular complexity index is 581. The third-order valence-electron chi connectivity index (χ3n) is 3.24. The number of hydrogen-bond donors (Lipinski definition) is 1. The lowest BCUT2D eigenvalue weighted by molar-refractivity contribution is 0.0103. The van der Waals surface area contributed by atoms with Crippen LogP contribution in [-0.4, -0.2) is 37.3 Å². The van der Waals surface area contributed by atoms with Crippen LogP contribution in [0.5, 0.6) is 0 Å². The van der Waals surface area contributed by atoms with Crippen LogP contribution >= 0.6 is 0 Å². The fourth-order valence-electron chi connectivity index (χ4n) is 2.13. The molecule has 0 bridgehead atoms. The molecule has 1 aliphatic heterocycles. The molecule has 0 aliphatic carbocycles. The fraction of sp³-hybridized carbons (Fsp3) is 0.462. The van der Waals surface area contributed by atoms with E-state index in [0.717, 1.165) is 23.3 Å². The van der Waals surface area contributed by atoms with Crippen LogP contribution in [0.15, 0.2) is 29.2 Å². The van der Waals surface area contributed by atoms with Crippen molar-refractivity contribution in [3.05, 3.63) is 29.8 Å². The highest BCUT2D eigenvalue weighted by Gasteiger charge is 2.31. The van der Waals surface area contributed by atoms with Crippen LogP contribution in [0.2, 0.25) is 0 Å². The van der Waals surface area contributed by atoms with Gasteiger partial charge in [0.15, 0.2) is 6.23 Å². The molecule has 7 heteroatoms. The lowest BCUT2D eigenvalue weighted by Gasteiger charge is -2.32. The predicted molar refractivity (Wildman–Crippen MR) is 71.8 cm³/mol. The first-order valence-electron chi connectivity index (χ1n) is 6.40. The molecule has 6 nitrogen and oxygen atoms in total. The van der Waals surface area contributed by atoms with Gasteiger partial charge < -0.3 is 5.11 Å². The molecular weight excluding hydrogens is 282 g/mol. The summed E-state index contributed by atoms with van der Waals surface area (Å²) in [5.74, 6) is 0. The van der Waals surface area contributed by atoms with Crippen LogP contribution in [0, 0.1) is 6.92 Å². The van der Waals surface area contributed by atoms with E-state index in [2.05, 4.69) is 0 Å². The number of likely N-dealkylation sites (tertiary alicyclic amines) is 1. The molecule has 0 spiro atoms. The summed E-state index contributed by atoms with van der Waals surface area (Å²) in [6, 6.07) is 6.26. The average molecular weight is 299 g/mol. The molecule has 1 heterocycles. The van der Waals surface area contributed by atoms with E-state index < -0.39 is 22.4 Å². The third kappa shape index (κ3) is 3.29. The molecule has 110 valence electrons. The molecule has 1 saturated heterocycles. The van der Waals surface area contributed by atoms with Gasteiger partial charge in [-0.2, -0.15) is 8.42 Å². The largest absolute Gasteiger partial charge is 0.465 e. The average Bonchev–Trinajstić information content (AvgIpc) is 2.39. The van der Waals surface area contributed by atoms with Gasteiger partial charge in [-0.15, -0.1) is 0 Å². The Morgan fingerprint density at radius 1 is 1.30 bits per heavy atom. The second kappa shape index (κ2) is 5.80. The molecule has 1 amide bonds. The van der Waals surface area contributed by atoms with E-state index in [1.165, 1.54) is 12.1 Å². The van der Waals surface area contributed by atoms with E-state index in [1.807, 2.05) is 6.92 Å². The number of amides is 1. The minimum Gasteiger partial charge on any atom is -0.465 e. The highest BCUT2D eigenvalue weighted by atomic mass is 32.2. The summed E-state index contributed by atoms with van der Waals surface area (Å²) in [5, 5.41) is 9.06. The fourth-order valence-corrected chi connectivity index (χ4v) is 3.20. The molecule has 1 unspecified atom stereocenters. The highest BCUT2D eigenvalue weighted by Crippen LogP contribution is 2.23. The first kappa shape index (κ1) is 14.8. The second-order valence-electron chi connectivity index (χ2n) is 4.79. The Balaban J connectivity index is 2.18. The van der Waals surface area contributed by atoms with E-state index in [9.17, 15) is 13.2 Å². The molecule has 1 aromatic rings. The third-order valence-corrected chi connectivity index (χ3v) is 4.57. The summed E-state index contributed by atoms with van der Waals surface area (Å²) in [6.45, 7) is 2.15. The SMILES string of the molecule is Cc1ccc(S(=O)(=O)OC2CCCCN2C(=O)O)cc1. The summed E-state index contributed by atoms with van der Waals surface area (Å²) >= 11 is 0. The number of nitrogens with zero attached hydrogens (tertiary/aromatic N) is 1. The molecule has 0 radical (unpaired) electrons. The number of rotatable bonds is 3. The zero-order valence-electron chi connectivity index (χ0n) is 11.2. The van der Waals surface area contributed by atoms with Gasteiger partial charge in [0.05, 0.1) is 4.90 Å². The molecule has 0 aromatic heterocycles. The van der Waals surface area contributed by atoms with Gasteiger partial charge in [-0.1, -0.05) is 17.7 Å². The topological polar surface area (TPSA) is 83.9 Å². The summed E-state index contributed by atoms with van der Waals surface area (Å²) in [4.78, 5) is 12.2. The maximum Gasteiger partial charge on any atom is 0.409 e. The van der Waals surface area contributed by atoms with E-state index in [-0.39, 0.29) is 4.90 Å². The van der Waals surface area contributed by atoms with Crippen molar-refractivity contribution >= 4 is 16.2 Å². The summed E-state index contributed by atoms with van der Waals surface area (Å²) in [5.41, 5.74) is 0.939. The van der Waals surface area contributed by atoms with E-state index in [0.29, 0.717) is 13.0 Å². The molecule has 1 fully saturated rings. The Kier molecular flexibility index (Phi) is 4.29. The molecule has 1 atom stereocenters. The van der Waals surface area contributed by atoms with Gasteiger partial charge in [0, 0.05) is 6.54 Å². The van der Waals surface area contributed by atoms with Crippen molar-refractivity contribution in [1.29, 1.82) is 0 Å². The monoisotopic (exact) mass is 299 g/mol. The number of aryl methyl sites for hydroxylation is 1. The minimum atomic E-state index is -3.95. The molecule has 0 saturated carbocycles. The van der Waals surface area contributed by atoms with Crippen molar-refractivity contribution < 1.29 is 22.5 Å². The van der Waals surface area contributed by atoms with Crippen LogP contribution in [0.1, 0.15) is 24.8 Å². The van der Waals surface area contributed by atoms with Crippen molar-refractivity contribution in [2.24, 2.45) is 0 Å².